The number of rotatable bonds is 4. The Hall–Kier alpha value is -1.81. The van der Waals surface area contributed by atoms with Gasteiger partial charge in [-0.2, -0.15) is 0 Å². The molecule has 0 fully saturated rings. The fourth-order valence-electron chi connectivity index (χ4n) is 0.473. The number of aliphatic carboxylic acids is 1. The third kappa shape index (κ3) is 5.01. The molecule has 5 N–H and O–H groups in total. The Morgan fingerprint density at radius 3 is 2.42 bits per heavy atom. The number of carbonyl (C=O) groups excluding carboxylic acids is 1. The van der Waals surface area contributed by atoms with Crippen molar-refractivity contribution >= 4 is 23.9 Å². The van der Waals surface area contributed by atoms with Gasteiger partial charge in [-0.3, -0.25) is 16.3 Å². The van der Waals surface area contributed by atoms with E-state index in [1.165, 1.54) is 6.21 Å². The van der Waals surface area contributed by atoms with Crippen molar-refractivity contribution in [2.24, 2.45) is 11.5 Å². The molecule has 6 heteroatoms. The number of hydrogen-bond donors (Lipinski definition) is 3. The number of carboxylic acid groups (broad SMARTS) is 1. The molecule has 0 aliphatic heterocycles. The smallest absolute Gasteiger partial charge is 0.433 e. The van der Waals surface area contributed by atoms with Crippen molar-refractivity contribution < 1.29 is 14.7 Å². The molecule has 66 valence electrons. The average molecular weight is 172 g/mol. The lowest BCUT2D eigenvalue weighted by molar-refractivity contribution is -0.149. The largest absolute Gasteiger partial charge is 0.476 e. The number of nitrogens with zero attached hydrogens (tertiary/aromatic N) is 1. The predicted molar refractivity (Wildman–Crippen MR) is 43.5 cm³/mol. The first kappa shape index (κ1) is 10.2. The van der Waals surface area contributed by atoms with E-state index in [0.29, 0.717) is 0 Å². The van der Waals surface area contributed by atoms with Crippen LogP contribution in [0.15, 0.2) is 0 Å². The molecule has 0 saturated heterocycles. The van der Waals surface area contributed by atoms with Crippen molar-refractivity contribution in [3.63, 3.8) is 0 Å². The Morgan fingerprint density at radius 2 is 2.00 bits per heavy atom. The van der Waals surface area contributed by atoms with E-state index < -0.39 is 11.8 Å². The van der Waals surface area contributed by atoms with Gasteiger partial charge in [-0.05, 0) is 0 Å². The second kappa shape index (κ2) is 4.92. The van der Waals surface area contributed by atoms with E-state index in [9.17, 15) is 9.59 Å². The van der Waals surface area contributed by atoms with Crippen LogP contribution in [0.3, 0.4) is 0 Å². The predicted octanol–water partition coefficient (Wildman–Crippen LogP) is -2.17. The number of carbonyl (C=O) groups is 2. The Morgan fingerprint density at radius 1 is 1.42 bits per heavy atom. The highest BCUT2D eigenvalue weighted by Crippen LogP contribution is 1.85. The molecule has 0 aromatic heterocycles. The summed E-state index contributed by atoms with van der Waals surface area (Å²) in [4.78, 5) is 20.4. The molecular weight excluding hydrogens is 162 g/mol. The van der Waals surface area contributed by atoms with Crippen LogP contribution in [0.1, 0.15) is 12.8 Å². The highest BCUT2D eigenvalue weighted by Gasteiger charge is 2.09. The summed E-state index contributed by atoms with van der Waals surface area (Å²) >= 11 is 0. The zero-order valence-electron chi connectivity index (χ0n) is 6.36. The molecule has 12 heavy (non-hydrogen) atoms. The van der Waals surface area contributed by atoms with Gasteiger partial charge in [-0.15, -0.1) is 0 Å². The maximum atomic E-state index is 10.5. The molecule has 0 aliphatic carbocycles. The van der Waals surface area contributed by atoms with Crippen molar-refractivity contribution in [2.45, 2.75) is 12.8 Å². The highest BCUT2D eigenvalue weighted by atomic mass is 16.4. The molecule has 0 unspecified atom stereocenters. The zero-order valence-corrected chi connectivity index (χ0v) is 6.36. The molecule has 0 aromatic carbocycles. The number of ketones is 1. The van der Waals surface area contributed by atoms with Crippen molar-refractivity contribution in [2.75, 3.05) is 0 Å². The van der Waals surface area contributed by atoms with Gasteiger partial charge < -0.3 is 5.11 Å². The summed E-state index contributed by atoms with van der Waals surface area (Å²) in [5, 5.41) is 8.14. The maximum Gasteiger partial charge on any atom is 0.433 e. The maximum absolute atomic E-state index is 10.5. The lowest BCUT2D eigenvalue weighted by Crippen LogP contribution is -2.25. The van der Waals surface area contributed by atoms with Crippen molar-refractivity contribution in [3.05, 3.63) is 0 Å². The van der Waals surface area contributed by atoms with E-state index in [0.717, 1.165) is 0 Å². The van der Waals surface area contributed by atoms with Crippen LogP contribution in [0.4, 0.5) is 0 Å². The van der Waals surface area contributed by atoms with Crippen LogP contribution in [0.5, 0.6) is 0 Å². The molecule has 0 amide bonds. The molecule has 0 spiro atoms. The topological polar surface area (TPSA) is 121 Å². The van der Waals surface area contributed by atoms with Crippen LogP contribution >= 0.6 is 0 Å². The molecular formula is C6H10N3O3+. The first-order valence-electron chi connectivity index (χ1n) is 3.20. The van der Waals surface area contributed by atoms with Gasteiger partial charge in [-0.1, -0.05) is 0 Å². The van der Waals surface area contributed by atoms with Gasteiger partial charge in [0.1, 0.15) is 6.21 Å². The molecule has 0 atom stereocenters. The van der Waals surface area contributed by atoms with Crippen molar-refractivity contribution in [1.82, 2.24) is 4.67 Å². The van der Waals surface area contributed by atoms with Gasteiger partial charge in [0.15, 0.2) is 0 Å². The molecule has 0 radical (unpaired) electrons. The van der Waals surface area contributed by atoms with Crippen molar-refractivity contribution in [3.8, 4) is 0 Å². The molecule has 0 heterocycles. The number of Topliss-reactive ketones (excluding diaryl/α,β-unsaturated/α-hetero) is 1. The monoisotopic (exact) mass is 172 g/mol. The van der Waals surface area contributed by atoms with Gasteiger partial charge in [0.25, 0.3) is 0 Å². The second-order valence-corrected chi connectivity index (χ2v) is 2.00. The summed E-state index contributed by atoms with van der Waals surface area (Å²) in [6.07, 6.45) is 1.44. The third-order valence-electron chi connectivity index (χ3n) is 0.979. The average Bonchev–Trinajstić information content (AvgIpc) is 1.97. The SMILES string of the molecule is NC(N)=[N+]=CCCC(=O)C(=O)O. The Bertz CT molecular complexity index is 249. The Balaban J connectivity index is 3.79. The summed E-state index contributed by atoms with van der Waals surface area (Å²) in [6, 6.07) is 0. The van der Waals surface area contributed by atoms with Gasteiger partial charge in [-0.25, -0.2) is 9.46 Å². The molecule has 0 aromatic rings. The number of nitrogens with two attached hydrogens (primary N) is 2. The van der Waals surface area contributed by atoms with E-state index in [-0.39, 0.29) is 18.8 Å². The summed E-state index contributed by atoms with van der Waals surface area (Å²) in [6.45, 7) is 0. The fourth-order valence-corrected chi connectivity index (χ4v) is 0.473. The van der Waals surface area contributed by atoms with Crippen LogP contribution in [0.25, 0.3) is 0 Å². The Labute approximate surface area is 68.6 Å². The van der Waals surface area contributed by atoms with Gasteiger partial charge in [0, 0.05) is 12.8 Å². The standard InChI is InChI=1S/C6H9N3O3/c7-6(8)9-3-1-2-4(10)5(11)12/h3H,1-2H2,(H4,7,8,11,12)/p+1. The molecule has 6 nitrogen and oxygen atoms in total. The molecule has 0 aliphatic rings. The third-order valence-corrected chi connectivity index (χ3v) is 0.979. The number of guanidine groups is 1. The highest BCUT2D eigenvalue weighted by molar-refractivity contribution is 6.32. The number of hydrogen-bond acceptors (Lipinski definition) is 2. The zero-order chi connectivity index (χ0) is 9.56. The first-order chi connectivity index (χ1) is 5.54. The first-order valence-corrected chi connectivity index (χ1v) is 3.20. The van der Waals surface area contributed by atoms with Gasteiger partial charge in [0.05, 0.1) is 0 Å². The van der Waals surface area contributed by atoms with E-state index in [4.69, 9.17) is 16.6 Å². The van der Waals surface area contributed by atoms with Crippen LogP contribution in [0.2, 0.25) is 0 Å². The molecule has 0 saturated carbocycles. The van der Waals surface area contributed by atoms with E-state index >= 15 is 0 Å². The fraction of sp³-hybridized carbons (Fsp3) is 0.333. The summed E-state index contributed by atoms with van der Waals surface area (Å²) in [5.41, 5.74) is 9.93. The van der Waals surface area contributed by atoms with Crippen LogP contribution < -0.4 is 16.1 Å². The van der Waals surface area contributed by atoms with Gasteiger partial charge in [0.2, 0.25) is 5.78 Å². The van der Waals surface area contributed by atoms with E-state index in [2.05, 4.69) is 4.67 Å². The Kier molecular flexibility index (Phi) is 4.18. The second-order valence-electron chi connectivity index (χ2n) is 2.00. The summed E-state index contributed by atoms with van der Waals surface area (Å²) in [5.74, 6) is -2.40. The minimum Gasteiger partial charge on any atom is -0.476 e. The van der Waals surface area contributed by atoms with Crippen LogP contribution in [-0.4, -0.2) is 29.0 Å². The van der Waals surface area contributed by atoms with Gasteiger partial charge >= 0.3 is 11.9 Å². The lowest BCUT2D eigenvalue weighted by Gasteiger charge is -1.85. The minimum absolute atomic E-state index is 0.0912. The summed E-state index contributed by atoms with van der Waals surface area (Å²) < 4.78 is 3.46. The minimum atomic E-state index is -1.44. The van der Waals surface area contributed by atoms with Crippen molar-refractivity contribution in [1.29, 1.82) is 0 Å². The molecule has 0 rings (SSSR count). The quantitative estimate of drug-likeness (QED) is 0.193. The van der Waals surface area contributed by atoms with Crippen LogP contribution in [-0.2, 0) is 9.59 Å². The normalized spacial score (nSPS) is 8.33. The van der Waals surface area contributed by atoms with E-state index in [1.807, 2.05) is 0 Å². The van der Waals surface area contributed by atoms with E-state index in [1.54, 1.807) is 0 Å². The molecule has 0 bridgehead atoms. The van der Waals surface area contributed by atoms with Crippen LogP contribution in [0, 0.1) is 0 Å². The summed E-state index contributed by atoms with van der Waals surface area (Å²) in [7, 11) is 0. The lowest BCUT2D eigenvalue weighted by atomic mass is 10.2. The number of carboxylic acids is 1.